The van der Waals surface area contributed by atoms with Gasteiger partial charge in [0.1, 0.15) is 5.82 Å². The van der Waals surface area contributed by atoms with E-state index in [0.29, 0.717) is 0 Å². The third-order valence-electron chi connectivity index (χ3n) is 8.58. The minimum atomic E-state index is 0.906. The van der Waals surface area contributed by atoms with Crippen LogP contribution < -0.4 is 0 Å². The zero-order valence-electron chi connectivity index (χ0n) is 23.8. The fourth-order valence-electron chi connectivity index (χ4n) is 6.50. The Labute approximate surface area is 253 Å². The summed E-state index contributed by atoms with van der Waals surface area (Å²) in [4.78, 5) is 13.9. The van der Waals surface area contributed by atoms with Crippen LogP contribution in [0.3, 0.4) is 0 Å². The number of aromatic amines is 1. The number of para-hydroxylation sites is 4. The summed E-state index contributed by atoms with van der Waals surface area (Å²) in [6.45, 7) is 0. The molecule has 0 aliphatic rings. The van der Waals surface area contributed by atoms with Crippen molar-refractivity contribution in [3.05, 3.63) is 152 Å². The number of nitrogens with one attached hydrogen (secondary N) is 1. The van der Waals surface area contributed by atoms with Crippen LogP contribution in [0.15, 0.2) is 152 Å². The Hall–Kier alpha value is -6.00. The normalized spacial score (nSPS) is 11.6. The summed E-state index contributed by atoms with van der Waals surface area (Å²) in [7, 11) is 0. The summed E-state index contributed by atoms with van der Waals surface area (Å²) in [6, 6.07) is 51.1. The molecule has 9 aromatic rings. The maximum absolute atomic E-state index is 5.43. The molecular weight excluding hydrogens is 536 g/mol. The van der Waals surface area contributed by atoms with Gasteiger partial charge in [-0.15, -0.1) is 0 Å². The molecule has 9 rings (SSSR count). The molecular formula is C40H26N4. The van der Waals surface area contributed by atoms with Crippen molar-refractivity contribution in [2.45, 2.75) is 0 Å². The van der Waals surface area contributed by atoms with Gasteiger partial charge in [0.05, 0.1) is 22.2 Å². The van der Waals surface area contributed by atoms with Crippen LogP contribution in [0.2, 0.25) is 0 Å². The van der Waals surface area contributed by atoms with E-state index in [-0.39, 0.29) is 0 Å². The summed E-state index contributed by atoms with van der Waals surface area (Å²) >= 11 is 0. The molecule has 1 N–H and O–H groups in total. The number of hydrogen-bond donors (Lipinski definition) is 1. The third kappa shape index (κ3) is 3.85. The standard InChI is InChI=1S/C40H26N4/c1-2-15-30(16-3-1)44-37-22-10-18-31(27-13-8-14-28(23-27)36-24-26-11-4-5-12-29(26)25-41-36)39(37)43-40(44)34-20-9-19-33-32-17-6-7-21-35(32)42-38(33)34/h1-25,42H. The Morgan fingerprint density at radius 3 is 2.20 bits per heavy atom. The summed E-state index contributed by atoms with van der Waals surface area (Å²) in [5, 5.41) is 4.73. The SMILES string of the molecule is c1ccc(-n2c(-c3cccc4c3[nH]c3ccccc34)nc3c(-c4cccc(-c5cc6ccccc6cn5)c4)cccc32)cc1. The second kappa shape index (κ2) is 9.79. The smallest absolute Gasteiger partial charge is 0.147 e. The maximum atomic E-state index is 5.43. The van der Waals surface area contributed by atoms with Gasteiger partial charge in [0.15, 0.2) is 0 Å². The molecule has 6 aromatic carbocycles. The first kappa shape index (κ1) is 24.6. The predicted molar refractivity (Wildman–Crippen MR) is 182 cm³/mol. The minimum absolute atomic E-state index is 0.906. The first-order valence-electron chi connectivity index (χ1n) is 14.8. The highest BCUT2D eigenvalue weighted by Gasteiger charge is 2.20. The lowest BCUT2D eigenvalue weighted by molar-refractivity contribution is 1.10. The van der Waals surface area contributed by atoms with E-state index in [1.54, 1.807) is 0 Å². The highest BCUT2D eigenvalue weighted by atomic mass is 15.1. The number of imidazole rings is 1. The van der Waals surface area contributed by atoms with Crippen molar-refractivity contribution < 1.29 is 0 Å². The number of fused-ring (bicyclic) bond motifs is 5. The number of pyridine rings is 1. The van der Waals surface area contributed by atoms with Crippen molar-refractivity contribution in [2.24, 2.45) is 0 Å². The molecule has 0 aliphatic heterocycles. The van der Waals surface area contributed by atoms with E-state index in [4.69, 9.17) is 9.97 Å². The van der Waals surface area contributed by atoms with E-state index in [1.165, 1.54) is 16.2 Å². The van der Waals surface area contributed by atoms with Crippen LogP contribution in [0, 0.1) is 0 Å². The average molecular weight is 563 g/mol. The molecule has 0 amide bonds. The van der Waals surface area contributed by atoms with Crippen LogP contribution in [0.1, 0.15) is 0 Å². The van der Waals surface area contributed by atoms with Gasteiger partial charge >= 0.3 is 0 Å². The molecule has 0 aliphatic carbocycles. The molecule has 44 heavy (non-hydrogen) atoms. The molecule has 0 saturated carbocycles. The highest BCUT2D eigenvalue weighted by Crippen LogP contribution is 2.39. The van der Waals surface area contributed by atoms with Crippen molar-refractivity contribution in [1.82, 2.24) is 19.5 Å². The van der Waals surface area contributed by atoms with Crippen LogP contribution in [-0.2, 0) is 0 Å². The van der Waals surface area contributed by atoms with Crippen molar-refractivity contribution in [1.29, 1.82) is 0 Å². The van der Waals surface area contributed by atoms with Crippen LogP contribution in [0.25, 0.3) is 83.1 Å². The van der Waals surface area contributed by atoms with Gasteiger partial charge in [0.2, 0.25) is 0 Å². The first-order chi connectivity index (χ1) is 21.8. The quantitative estimate of drug-likeness (QED) is 0.232. The average Bonchev–Trinajstić information content (AvgIpc) is 3.67. The molecule has 0 bridgehead atoms. The molecule has 0 unspecified atom stereocenters. The molecule has 4 nitrogen and oxygen atoms in total. The lowest BCUT2D eigenvalue weighted by Gasteiger charge is -2.11. The van der Waals surface area contributed by atoms with Crippen LogP contribution in [-0.4, -0.2) is 19.5 Å². The summed E-state index contributed by atoms with van der Waals surface area (Å²) in [5.74, 6) is 0.906. The Morgan fingerprint density at radius 2 is 1.27 bits per heavy atom. The van der Waals surface area contributed by atoms with E-state index in [2.05, 4.69) is 149 Å². The van der Waals surface area contributed by atoms with Gasteiger partial charge < -0.3 is 4.98 Å². The maximum Gasteiger partial charge on any atom is 0.147 e. The zero-order valence-corrected chi connectivity index (χ0v) is 23.8. The first-order valence-corrected chi connectivity index (χ1v) is 14.8. The van der Waals surface area contributed by atoms with Crippen LogP contribution in [0.5, 0.6) is 0 Å². The highest BCUT2D eigenvalue weighted by molar-refractivity contribution is 6.12. The Kier molecular flexibility index (Phi) is 5.47. The summed E-state index contributed by atoms with van der Waals surface area (Å²) in [5.41, 5.74) is 10.6. The van der Waals surface area contributed by atoms with Crippen LogP contribution in [0.4, 0.5) is 0 Å². The fraction of sp³-hybridized carbons (Fsp3) is 0. The van der Waals surface area contributed by atoms with Crippen molar-refractivity contribution >= 4 is 43.6 Å². The number of hydrogen-bond acceptors (Lipinski definition) is 2. The number of nitrogens with zero attached hydrogens (tertiary/aromatic N) is 3. The van der Waals surface area contributed by atoms with E-state index < -0.39 is 0 Å². The summed E-state index contributed by atoms with van der Waals surface area (Å²) in [6.07, 6.45) is 1.95. The van der Waals surface area contributed by atoms with Gasteiger partial charge in [-0.3, -0.25) is 9.55 Å². The monoisotopic (exact) mass is 562 g/mol. The topological polar surface area (TPSA) is 46.5 Å². The molecule has 4 heteroatoms. The molecule has 0 atom stereocenters. The minimum Gasteiger partial charge on any atom is -0.354 e. The lowest BCUT2D eigenvalue weighted by atomic mass is 9.99. The van der Waals surface area contributed by atoms with Gasteiger partial charge in [-0.05, 0) is 53.4 Å². The second-order valence-corrected chi connectivity index (χ2v) is 11.2. The van der Waals surface area contributed by atoms with Gasteiger partial charge in [-0.1, -0.05) is 103 Å². The lowest BCUT2D eigenvalue weighted by Crippen LogP contribution is -1.97. The molecule has 0 spiro atoms. The van der Waals surface area contributed by atoms with Crippen molar-refractivity contribution in [3.8, 4) is 39.5 Å². The van der Waals surface area contributed by atoms with E-state index >= 15 is 0 Å². The zero-order chi connectivity index (χ0) is 29.0. The number of rotatable bonds is 4. The largest absolute Gasteiger partial charge is 0.354 e. The third-order valence-corrected chi connectivity index (χ3v) is 8.58. The molecule has 0 saturated heterocycles. The van der Waals surface area contributed by atoms with Crippen molar-refractivity contribution in [3.63, 3.8) is 0 Å². The molecule has 3 heterocycles. The second-order valence-electron chi connectivity index (χ2n) is 11.2. The molecule has 3 aromatic heterocycles. The van der Waals surface area contributed by atoms with Crippen LogP contribution >= 0.6 is 0 Å². The Balaban J connectivity index is 1.28. The summed E-state index contributed by atoms with van der Waals surface area (Å²) < 4.78 is 2.29. The molecule has 206 valence electrons. The fourth-order valence-corrected chi connectivity index (χ4v) is 6.50. The van der Waals surface area contributed by atoms with E-state index in [0.717, 1.165) is 66.9 Å². The Morgan fingerprint density at radius 1 is 0.545 bits per heavy atom. The van der Waals surface area contributed by atoms with Gasteiger partial charge in [0.25, 0.3) is 0 Å². The number of benzene rings is 6. The van der Waals surface area contributed by atoms with Gasteiger partial charge in [-0.2, -0.15) is 0 Å². The van der Waals surface area contributed by atoms with Gasteiger partial charge in [-0.25, -0.2) is 4.98 Å². The van der Waals surface area contributed by atoms with E-state index in [1.807, 2.05) is 12.3 Å². The van der Waals surface area contributed by atoms with Gasteiger partial charge in [0, 0.05) is 50.2 Å². The predicted octanol–water partition coefficient (Wildman–Crippen LogP) is 10.2. The van der Waals surface area contributed by atoms with E-state index in [9.17, 15) is 0 Å². The Bertz CT molecular complexity index is 2500. The molecule has 0 radical (unpaired) electrons. The number of aromatic nitrogens is 4. The molecule has 0 fully saturated rings. The van der Waals surface area contributed by atoms with Crippen molar-refractivity contribution in [2.75, 3.05) is 0 Å². The number of H-pyrrole nitrogens is 1.